The molecule has 0 aromatic carbocycles. The normalized spacial score (nSPS) is 31.9. The van der Waals surface area contributed by atoms with Crippen molar-refractivity contribution >= 4 is 23.0 Å². The molecular weight excluding hydrogens is 207 g/mol. The van der Waals surface area contributed by atoms with Crippen LogP contribution in [0, 0.1) is 5.92 Å². The fraction of sp³-hybridized carbons (Fsp3) is 1.00. The zero-order valence-corrected chi connectivity index (χ0v) is 8.13. The monoisotopic (exact) mass is 220 g/mol. The highest BCUT2D eigenvalue weighted by atomic mass is 79.9. The van der Waals surface area contributed by atoms with E-state index in [1.165, 1.54) is 0 Å². The lowest BCUT2D eigenvalue weighted by atomic mass is 9.63. The van der Waals surface area contributed by atoms with Gasteiger partial charge >= 0.3 is 7.12 Å². The Labute approximate surface area is 76.3 Å². The molecule has 1 saturated carbocycles. The maximum atomic E-state index is 8.88. The van der Waals surface area contributed by atoms with Crippen LogP contribution in [0.4, 0.5) is 0 Å². The molecule has 0 spiro atoms. The summed E-state index contributed by atoms with van der Waals surface area (Å²) < 4.78 is 0. The van der Waals surface area contributed by atoms with Crippen molar-refractivity contribution in [3.8, 4) is 0 Å². The predicted molar refractivity (Wildman–Crippen MR) is 49.7 cm³/mol. The first-order valence-electron chi connectivity index (χ1n) is 4.16. The smallest absolute Gasteiger partial charge is 0.427 e. The van der Waals surface area contributed by atoms with Crippen LogP contribution in [0.1, 0.15) is 25.7 Å². The molecule has 0 heterocycles. The molecule has 0 aromatic rings. The molecule has 2 N–H and O–H groups in total. The van der Waals surface area contributed by atoms with Gasteiger partial charge < -0.3 is 10.0 Å². The van der Waals surface area contributed by atoms with E-state index in [1.807, 2.05) is 0 Å². The molecule has 0 aromatic heterocycles. The van der Waals surface area contributed by atoms with E-state index in [-0.39, 0.29) is 5.82 Å². The number of rotatable bonds is 2. The quantitative estimate of drug-likeness (QED) is 0.546. The number of hydrogen-bond donors (Lipinski definition) is 2. The van der Waals surface area contributed by atoms with Gasteiger partial charge in [-0.3, -0.25) is 0 Å². The zero-order chi connectivity index (χ0) is 8.27. The molecule has 0 atom stereocenters. The molecular formula is C7H14BBrO2. The Balaban J connectivity index is 2.24. The number of alkyl halides is 1. The molecule has 0 bridgehead atoms. The summed E-state index contributed by atoms with van der Waals surface area (Å²) in [5.41, 5.74) is 0. The van der Waals surface area contributed by atoms with Gasteiger partial charge in [0, 0.05) is 5.33 Å². The topological polar surface area (TPSA) is 40.5 Å². The summed E-state index contributed by atoms with van der Waals surface area (Å²) in [6.45, 7) is 0. The summed E-state index contributed by atoms with van der Waals surface area (Å²) in [6.07, 6.45) is 4.20. The predicted octanol–water partition coefficient (Wildman–Crippen LogP) is 1.41. The summed E-state index contributed by atoms with van der Waals surface area (Å²) >= 11 is 3.44. The Morgan fingerprint density at radius 1 is 1.18 bits per heavy atom. The number of halogens is 1. The van der Waals surface area contributed by atoms with Crippen LogP contribution < -0.4 is 0 Å². The van der Waals surface area contributed by atoms with Gasteiger partial charge in [-0.05, 0) is 24.6 Å². The fourth-order valence-corrected chi connectivity index (χ4v) is 2.29. The van der Waals surface area contributed by atoms with Crippen molar-refractivity contribution in [3.63, 3.8) is 0 Å². The molecule has 1 aliphatic carbocycles. The molecule has 0 amide bonds. The van der Waals surface area contributed by atoms with E-state index in [9.17, 15) is 0 Å². The summed E-state index contributed by atoms with van der Waals surface area (Å²) in [5.74, 6) is 0.885. The second kappa shape index (κ2) is 4.48. The van der Waals surface area contributed by atoms with Crippen molar-refractivity contribution in [2.24, 2.45) is 5.92 Å². The first-order chi connectivity index (χ1) is 5.24. The molecule has 0 aliphatic heterocycles. The van der Waals surface area contributed by atoms with Crippen LogP contribution in [0.15, 0.2) is 0 Å². The van der Waals surface area contributed by atoms with Crippen molar-refractivity contribution in [2.75, 3.05) is 5.33 Å². The largest absolute Gasteiger partial charge is 0.454 e. The SMILES string of the molecule is OB(O)C1CCC(CBr)CC1. The summed E-state index contributed by atoms with van der Waals surface area (Å²) in [4.78, 5) is 0. The van der Waals surface area contributed by atoms with Gasteiger partial charge in [0.15, 0.2) is 0 Å². The van der Waals surface area contributed by atoms with Crippen LogP contribution >= 0.6 is 15.9 Å². The minimum atomic E-state index is -1.09. The summed E-state index contributed by atoms with van der Waals surface area (Å²) in [7, 11) is -1.09. The summed E-state index contributed by atoms with van der Waals surface area (Å²) in [6, 6.07) is 0. The Bertz CT molecular complexity index is 113. The maximum absolute atomic E-state index is 8.88. The van der Waals surface area contributed by atoms with Gasteiger partial charge in [-0.25, -0.2) is 0 Å². The lowest BCUT2D eigenvalue weighted by Gasteiger charge is -2.26. The van der Waals surface area contributed by atoms with E-state index in [2.05, 4.69) is 15.9 Å². The number of hydrogen-bond acceptors (Lipinski definition) is 2. The highest BCUT2D eigenvalue weighted by molar-refractivity contribution is 9.09. The second-order valence-electron chi connectivity index (χ2n) is 3.35. The highest BCUT2D eigenvalue weighted by Crippen LogP contribution is 2.34. The summed E-state index contributed by atoms with van der Waals surface area (Å²) in [5, 5.41) is 18.8. The van der Waals surface area contributed by atoms with Gasteiger partial charge in [0.2, 0.25) is 0 Å². The zero-order valence-electron chi connectivity index (χ0n) is 6.54. The maximum Gasteiger partial charge on any atom is 0.454 e. The van der Waals surface area contributed by atoms with Gasteiger partial charge in [-0.1, -0.05) is 28.8 Å². The Kier molecular flexibility index (Phi) is 3.89. The molecule has 2 nitrogen and oxygen atoms in total. The Morgan fingerprint density at radius 2 is 1.73 bits per heavy atom. The highest BCUT2D eigenvalue weighted by Gasteiger charge is 2.28. The third-order valence-corrected chi connectivity index (χ3v) is 3.45. The van der Waals surface area contributed by atoms with Crippen molar-refractivity contribution in [1.82, 2.24) is 0 Å². The third kappa shape index (κ3) is 2.77. The van der Waals surface area contributed by atoms with Crippen LogP contribution in [0.2, 0.25) is 5.82 Å². The van der Waals surface area contributed by atoms with E-state index in [0.717, 1.165) is 36.9 Å². The van der Waals surface area contributed by atoms with Crippen LogP contribution in [0.25, 0.3) is 0 Å². The van der Waals surface area contributed by atoms with Crippen molar-refractivity contribution in [1.29, 1.82) is 0 Å². The van der Waals surface area contributed by atoms with Crippen molar-refractivity contribution in [3.05, 3.63) is 0 Å². The Morgan fingerprint density at radius 3 is 2.09 bits per heavy atom. The molecule has 64 valence electrons. The minimum absolute atomic E-state index is 0.130. The average molecular weight is 221 g/mol. The Hall–Kier alpha value is 0.465. The molecule has 1 fully saturated rings. The van der Waals surface area contributed by atoms with Crippen molar-refractivity contribution < 1.29 is 10.0 Å². The minimum Gasteiger partial charge on any atom is -0.427 e. The average Bonchev–Trinajstić information content (AvgIpc) is 2.05. The molecule has 4 heteroatoms. The molecule has 0 saturated heterocycles. The molecule has 0 radical (unpaired) electrons. The molecule has 11 heavy (non-hydrogen) atoms. The lowest BCUT2D eigenvalue weighted by Crippen LogP contribution is -2.25. The van der Waals surface area contributed by atoms with Gasteiger partial charge in [0.25, 0.3) is 0 Å². The van der Waals surface area contributed by atoms with E-state index in [1.54, 1.807) is 0 Å². The van der Waals surface area contributed by atoms with E-state index in [4.69, 9.17) is 10.0 Å². The van der Waals surface area contributed by atoms with Crippen LogP contribution in [-0.2, 0) is 0 Å². The fourth-order valence-electron chi connectivity index (χ4n) is 1.64. The lowest BCUT2D eigenvalue weighted by molar-refractivity contribution is 0.320. The van der Waals surface area contributed by atoms with Crippen LogP contribution in [0.5, 0.6) is 0 Å². The van der Waals surface area contributed by atoms with Gasteiger partial charge in [0.05, 0.1) is 0 Å². The van der Waals surface area contributed by atoms with Crippen LogP contribution in [0.3, 0.4) is 0 Å². The van der Waals surface area contributed by atoms with Gasteiger partial charge in [0.1, 0.15) is 0 Å². The molecule has 1 aliphatic rings. The third-order valence-electron chi connectivity index (χ3n) is 2.53. The van der Waals surface area contributed by atoms with Gasteiger partial charge in [-0.15, -0.1) is 0 Å². The first kappa shape index (κ1) is 9.55. The van der Waals surface area contributed by atoms with E-state index >= 15 is 0 Å². The van der Waals surface area contributed by atoms with Gasteiger partial charge in [-0.2, -0.15) is 0 Å². The van der Waals surface area contributed by atoms with Crippen molar-refractivity contribution in [2.45, 2.75) is 31.5 Å². The van der Waals surface area contributed by atoms with Crippen LogP contribution in [-0.4, -0.2) is 22.5 Å². The van der Waals surface area contributed by atoms with E-state index in [0.29, 0.717) is 0 Å². The molecule has 1 rings (SSSR count). The standard InChI is InChI=1S/C7H14BBrO2/c9-5-6-1-3-7(4-2-6)8(10)11/h6-7,10-11H,1-5H2. The van der Waals surface area contributed by atoms with E-state index < -0.39 is 7.12 Å². The first-order valence-corrected chi connectivity index (χ1v) is 5.28. The molecule has 0 unspecified atom stereocenters. The second-order valence-corrected chi connectivity index (χ2v) is 4.00.